The molecular formula is C13H22IN5. The summed E-state index contributed by atoms with van der Waals surface area (Å²) in [6.45, 7) is 8.44. The Morgan fingerprint density at radius 2 is 1.84 bits per heavy atom. The van der Waals surface area contributed by atoms with Crippen LogP contribution in [0.5, 0.6) is 0 Å². The van der Waals surface area contributed by atoms with Gasteiger partial charge in [0.05, 0.1) is 9.26 Å². The molecule has 19 heavy (non-hydrogen) atoms. The van der Waals surface area contributed by atoms with Gasteiger partial charge in [0, 0.05) is 26.2 Å². The van der Waals surface area contributed by atoms with Crippen LogP contribution in [-0.4, -0.2) is 48.1 Å². The van der Waals surface area contributed by atoms with Crippen LogP contribution in [0, 0.1) is 9.49 Å². The summed E-state index contributed by atoms with van der Waals surface area (Å²) in [4.78, 5) is 13.7. The van der Waals surface area contributed by atoms with E-state index in [1.807, 2.05) is 0 Å². The topological polar surface area (TPSA) is 58.3 Å². The van der Waals surface area contributed by atoms with E-state index in [2.05, 4.69) is 58.3 Å². The molecule has 0 spiro atoms. The maximum Gasteiger partial charge on any atom is 0.227 e. The number of nitrogens with two attached hydrogens (primary N) is 1. The molecule has 2 rings (SSSR count). The number of nitrogens with zero attached hydrogens (tertiary/aromatic N) is 4. The van der Waals surface area contributed by atoms with Gasteiger partial charge in [-0.15, -0.1) is 0 Å². The molecule has 0 atom stereocenters. The Bertz CT molecular complexity index is 441. The lowest BCUT2D eigenvalue weighted by Crippen LogP contribution is -2.45. The molecule has 1 aliphatic heterocycles. The first-order valence-corrected chi connectivity index (χ1v) is 7.80. The summed E-state index contributed by atoms with van der Waals surface area (Å²) < 4.78 is 1.00. The summed E-state index contributed by atoms with van der Waals surface area (Å²) in [6, 6.07) is 0. The maximum atomic E-state index is 6.04. The van der Waals surface area contributed by atoms with E-state index in [0.29, 0.717) is 11.7 Å². The zero-order chi connectivity index (χ0) is 14.0. The second-order valence-corrected chi connectivity index (χ2v) is 6.64. The molecule has 2 N–H and O–H groups in total. The largest absolute Gasteiger partial charge is 0.383 e. The van der Waals surface area contributed by atoms with E-state index in [1.165, 1.54) is 0 Å². The van der Waals surface area contributed by atoms with Gasteiger partial charge >= 0.3 is 0 Å². The van der Waals surface area contributed by atoms with E-state index in [9.17, 15) is 0 Å². The lowest BCUT2D eigenvalue weighted by Gasteiger charge is -2.32. The van der Waals surface area contributed by atoms with Crippen molar-refractivity contribution in [3.05, 3.63) is 9.26 Å². The van der Waals surface area contributed by atoms with Crippen molar-refractivity contribution in [1.82, 2.24) is 14.9 Å². The summed E-state index contributed by atoms with van der Waals surface area (Å²) in [5.41, 5.74) is 7.12. The minimum atomic E-state index is 0.572. The molecule has 0 aliphatic carbocycles. The van der Waals surface area contributed by atoms with Crippen molar-refractivity contribution in [3.8, 4) is 0 Å². The first-order valence-electron chi connectivity index (χ1n) is 6.72. The van der Waals surface area contributed by atoms with Gasteiger partial charge in [-0.2, -0.15) is 4.98 Å². The van der Waals surface area contributed by atoms with E-state index < -0.39 is 0 Å². The number of rotatable bonds is 3. The summed E-state index contributed by atoms with van der Waals surface area (Å²) >= 11 is 2.25. The summed E-state index contributed by atoms with van der Waals surface area (Å²) in [5, 5.41) is 0. The van der Waals surface area contributed by atoms with Gasteiger partial charge in [-0.25, -0.2) is 4.98 Å². The Morgan fingerprint density at radius 3 is 2.42 bits per heavy atom. The van der Waals surface area contributed by atoms with Crippen molar-refractivity contribution in [2.45, 2.75) is 20.3 Å². The summed E-state index contributed by atoms with van der Waals surface area (Å²) in [5.74, 6) is 1.98. The van der Waals surface area contributed by atoms with Crippen LogP contribution in [0.1, 0.15) is 19.5 Å². The number of nitrogen functional groups attached to an aromatic ring is 1. The lowest BCUT2D eigenvalue weighted by atomic mass is 10.1. The first kappa shape index (κ1) is 14.8. The van der Waals surface area contributed by atoms with Crippen molar-refractivity contribution < 1.29 is 0 Å². The van der Waals surface area contributed by atoms with Crippen LogP contribution in [0.3, 0.4) is 0 Å². The number of hydrogen-bond donors (Lipinski definition) is 1. The molecule has 106 valence electrons. The molecule has 0 saturated carbocycles. The zero-order valence-electron chi connectivity index (χ0n) is 11.9. The molecule has 5 nitrogen and oxygen atoms in total. The van der Waals surface area contributed by atoms with Crippen LogP contribution in [0.15, 0.2) is 0 Å². The molecule has 1 aliphatic rings. The number of piperazine rings is 1. The van der Waals surface area contributed by atoms with Crippen molar-refractivity contribution in [2.75, 3.05) is 43.9 Å². The third kappa shape index (κ3) is 3.68. The molecule has 1 fully saturated rings. The van der Waals surface area contributed by atoms with E-state index in [0.717, 1.165) is 47.8 Å². The molecule has 1 aromatic rings. The first-order chi connectivity index (χ1) is 8.97. The maximum absolute atomic E-state index is 6.04. The number of aromatic nitrogens is 2. The predicted octanol–water partition coefficient (Wildman–Crippen LogP) is 1.61. The quantitative estimate of drug-likeness (QED) is 0.814. The highest BCUT2D eigenvalue weighted by atomic mass is 127. The fraction of sp³-hybridized carbons (Fsp3) is 0.692. The third-order valence-corrected chi connectivity index (χ3v) is 4.50. The van der Waals surface area contributed by atoms with Gasteiger partial charge in [0.25, 0.3) is 0 Å². The monoisotopic (exact) mass is 375 g/mol. The van der Waals surface area contributed by atoms with Gasteiger partial charge in [0.15, 0.2) is 0 Å². The highest BCUT2D eigenvalue weighted by Gasteiger charge is 2.19. The van der Waals surface area contributed by atoms with Crippen molar-refractivity contribution in [1.29, 1.82) is 0 Å². The Hall–Kier alpha value is -0.630. The normalized spacial score (nSPS) is 17.2. The van der Waals surface area contributed by atoms with E-state index in [-0.39, 0.29) is 0 Å². The molecule has 1 aromatic heterocycles. The van der Waals surface area contributed by atoms with Crippen LogP contribution in [0.4, 0.5) is 11.8 Å². The van der Waals surface area contributed by atoms with Crippen molar-refractivity contribution in [3.63, 3.8) is 0 Å². The Labute approximate surface area is 128 Å². The number of likely N-dealkylation sites (N-methyl/N-ethyl adjacent to an activating group) is 1. The van der Waals surface area contributed by atoms with E-state index in [4.69, 9.17) is 10.7 Å². The van der Waals surface area contributed by atoms with Gasteiger partial charge in [-0.1, -0.05) is 13.8 Å². The second kappa shape index (κ2) is 6.21. The van der Waals surface area contributed by atoms with Gasteiger partial charge in [0.1, 0.15) is 5.82 Å². The Balaban J connectivity index is 2.23. The molecule has 0 aromatic carbocycles. The molecule has 0 amide bonds. The van der Waals surface area contributed by atoms with Crippen LogP contribution >= 0.6 is 22.6 Å². The number of anilines is 2. The molecule has 0 unspecified atom stereocenters. The van der Waals surface area contributed by atoms with Gasteiger partial charge in [-0.3, -0.25) is 0 Å². The SMILES string of the molecule is CC(C)Cc1nc(N2CCN(C)CC2)nc(N)c1I. The Morgan fingerprint density at radius 1 is 1.21 bits per heavy atom. The minimum Gasteiger partial charge on any atom is -0.383 e. The number of halogens is 1. The second-order valence-electron chi connectivity index (χ2n) is 5.56. The summed E-state index contributed by atoms with van der Waals surface area (Å²) in [6.07, 6.45) is 0.950. The highest BCUT2D eigenvalue weighted by Crippen LogP contribution is 2.23. The van der Waals surface area contributed by atoms with E-state index >= 15 is 0 Å². The molecule has 0 radical (unpaired) electrons. The molecule has 6 heteroatoms. The van der Waals surface area contributed by atoms with E-state index in [1.54, 1.807) is 0 Å². The van der Waals surface area contributed by atoms with Crippen molar-refractivity contribution >= 4 is 34.4 Å². The summed E-state index contributed by atoms with van der Waals surface area (Å²) in [7, 11) is 2.14. The fourth-order valence-corrected chi connectivity index (χ4v) is 2.63. The highest BCUT2D eigenvalue weighted by molar-refractivity contribution is 14.1. The van der Waals surface area contributed by atoms with Gasteiger partial charge in [-0.05, 0) is 42.0 Å². The molecule has 1 saturated heterocycles. The molecular weight excluding hydrogens is 353 g/mol. The molecule has 2 heterocycles. The smallest absolute Gasteiger partial charge is 0.227 e. The predicted molar refractivity (Wildman–Crippen MR) is 87.4 cm³/mol. The standard InChI is InChI=1S/C13H22IN5/c1-9(2)8-10-11(14)12(15)17-13(16-10)19-6-4-18(3)5-7-19/h9H,4-8H2,1-3H3,(H2,15,16,17). The van der Waals surface area contributed by atoms with Gasteiger partial charge < -0.3 is 15.5 Å². The zero-order valence-corrected chi connectivity index (χ0v) is 14.0. The average Bonchev–Trinajstić information content (AvgIpc) is 2.35. The average molecular weight is 375 g/mol. The van der Waals surface area contributed by atoms with Crippen LogP contribution in [0.25, 0.3) is 0 Å². The molecule has 0 bridgehead atoms. The fourth-order valence-electron chi connectivity index (χ4n) is 2.17. The lowest BCUT2D eigenvalue weighted by molar-refractivity contribution is 0.311. The number of hydrogen-bond acceptors (Lipinski definition) is 5. The van der Waals surface area contributed by atoms with Crippen LogP contribution in [-0.2, 0) is 6.42 Å². The third-order valence-electron chi connectivity index (χ3n) is 3.32. The van der Waals surface area contributed by atoms with Gasteiger partial charge in [0.2, 0.25) is 5.95 Å². The minimum absolute atomic E-state index is 0.572. The van der Waals surface area contributed by atoms with Crippen LogP contribution < -0.4 is 10.6 Å². The Kier molecular flexibility index (Phi) is 4.83. The van der Waals surface area contributed by atoms with Crippen molar-refractivity contribution in [2.24, 2.45) is 5.92 Å². The van der Waals surface area contributed by atoms with Crippen LogP contribution in [0.2, 0.25) is 0 Å².